The van der Waals surface area contributed by atoms with E-state index in [2.05, 4.69) is 5.32 Å². The molecule has 5 nitrogen and oxygen atoms in total. The van der Waals surface area contributed by atoms with Crippen LogP contribution in [0.3, 0.4) is 0 Å². The van der Waals surface area contributed by atoms with Crippen molar-refractivity contribution in [2.24, 2.45) is 10.9 Å². The number of carbonyl (C=O) groups is 2. The number of benzene rings is 3. The maximum atomic E-state index is 14.9. The van der Waals surface area contributed by atoms with Gasteiger partial charge in [0.2, 0.25) is 5.91 Å². The van der Waals surface area contributed by atoms with Crippen LogP contribution in [0, 0.1) is 11.7 Å². The van der Waals surface area contributed by atoms with Crippen LogP contribution in [-0.4, -0.2) is 30.1 Å². The first-order valence-electron chi connectivity index (χ1n) is 12.1. The van der Waals surface area contributed by atoms with Gasteiger partial charge in [0.05, 0.1) is 11.4 Å². The van der Waals surface area contributed by atoms with Gasteiger partial charge in [-0.2, -0.15) is 0 Å². The molecule has 0 bridgehead atoms. The van der Waals surface area contributed by atoms with Gasteiger partial charge in [-0.05, 0) is 60.4 Å². The highest BCUT2D eigenvalue weighted by Gasteiger charge is 2.36. The number of hydrogen-bond acceptors (Lipinski definition) is 3. The van der Waals surface area contributed by atoms with Crippen LogP contribution < -0.4 is 10.2 Å². The Labute approximate surface area is 216 Å². The molecule has 1 N–H and O–H groups in total. The molecule has 3 aromatic rings. The van der Waals surface area contributed by atoms with Gasteiger partial charge in [0.15, 0.2) is 0 Å². The SMILES string of the molecule is CCc1cccc(NC(=O)CN2C(=O)[C@H]([C@H](C)CC)N=C(c3ccccc3F)c3cc(Cl)ccc32)c1. The Balaban J connectivity index is 1.79. The third-order valence-corrected chi connectivity index (χ3v) is 6.76. The van der Waals surface area contributed by atoms with E-state index in [1.165, 1.54) is 11.0 Å². The summed E-state index contributed by atoms with van der Waals surface area (Å²) >= 11 is 6.34. The Morgan fingerprint density at radius 3 is 2.58 bits per heavy atom. The molecule has 7 heteroatoms. The zero-order chi connectivity index (χ0) is 25.8. The first-order chi connectivity index (χ1) is 17.3. The van der Waals surface area contributed by atoms with Crippen LogP contribution in [-0.2, 0) is 16.0 Å². The van der Waals surface area contributed by atoms with Crippen molar-refractivity contribution < 1.29 is 14.0 Å². The number of rotatable bonds is 7. The van der Waals surface area contributed by atoms with Crippen LogP contribution >= 0.6 is 11.6 Å². The lowest BCUT2D eigenvalue weighted by atomic mass is 9.97. The second-order valence-corrected chi connectivity index (χ2v) is 9.41. The quantitative estimate of drug-likeness (QED) is 0.411. The first-order valence-corrected chi connectivity index (χ1v) is 12.5. The van der Waals surface area contributed by atoms with Crippen molar-refractivity contribution in [2.75, 3.05) is 16.8 Å². The number of anilines is 2. The van der Waals surface area contributed by atoms with Crippen LogP contribution in [0.15, 0.2) is 71.7 Å². The highest BCUT2D eigenvalue weighted by Crippen LogP contribution is 2.33. The number of aliphatic imine (C=N–C) groups is 1. The number of carbonyl (C=O) groups excluding carboxylic acids is 2. The molecule has 1 heterocycles. The zero-order valence-corrected chi connectivity index (χ0v) is 21.3. The number of halogens is 2. The van der Waals surface area contributed by atoms with Gasteiger partial charge < -0.3 is 10.2 Å². The van der Waals surface area contributed by atoms with Crippen molar-refractivity contribution in [3.05, 3.63) is 94.3 Å². The smallest absolute Gasteiger partial charge is 0.252 e. The van der Waals surface area contributed by atoms with Crippen LogP contribution in [0.2, 0.25) is 5.02 Å². The van der Waals surface area contributed by atoms with E-state index in [0.29, 0.717) is 34.1 Å². The van der Waals surface area contributed by atoms with E-state index < -0.39 is 11.9 Å². The topological polar surface area (TPSA) is 61.8 Å². The van der Waals surface area contributed by atoms with Gasteiger partial charge in [-0.25, -0.2) is 4.39 Å². The Hall–Kier alpha value is -3.51. The minimum absolute atomic E-state index is 0.129. The van der Waals surface area contributed by atoms with Crippen molar-refractivity contribution in [3.8, 4) is 0 Å². The molecule has 1 aliphatic rings. The van der Waals surface area contributed by atoms with Crippen LogP contribution in [0.1, 0.15) is 43.9 Å². The number of hydrogen-bond donors (Lipinski definition) is 1. The number of aryl methyl sites for hydroxylation is 1. The summed E-state index contributed by atoms with van der Waals surface area (Å²) in [7, 11) is 0. The normalized spacial score (nSPS) is 16.1. The fourth-order valence-electron chi connectivity index (χ4n) is 4.31. The largest absolute Gasteiger partial charge is 0.325 e. The van der Waals surface area contributed by atoms with E-state index in [9.17, 15) is 14.0 Å². The Morgan fingerprint density at radius 2 is 1.86 bits per heavy atom. The molecule has 0 aliphatic carbocycles. The molecule has 0 unspecified atom stereocenters. The monoisotopic (exact) mass is 505 g/mol. The molecule has 2 atom stereocenters. The highest BCUT2D eigenvalue weighted by atomic mass is 35.5. The summed E-state index contributed by atoms with van der Waals surface area (Å²) in [5.41, 5.74) is 3.37. The van der Waals surface area contributed by atoms with E-state index in [4.69, 9.17) is 16.6 Å². The average Bonchev–Trinajstić information content (AvgIpc) is 2.98. The highest BCUT2D eigenvalue weighted by molar-refractivity contribution is 6.32. The zero-order valence-electron chi connectivity index (χ0n) is 20.6. The molecule has 0 fully saturated rings. The molecule has 4 rings (SSSR count). The van der Waals surface area contributed by atoms with Crippen LogP contribution in [0.25, 0.3) is 0 Å². The van der Waals surface area contributed by atoms with E-state index in [1.807, 2.05) is 45.0 Å². The standard InChI is InChI=1S/C29H29ClFN3O2/c1-4-18(3)27-29(36)34(17-26(35)32-21-10-8-9-19(5-2)15-21)25-14-13-20(30)16-23(25)28(33-27)22-11-6-7-12-24(22)31/h6-16,18,27H,4-5,17H2,1-3H3,(H,32,35)/t18-,27+/m1/s1. The molecule has 36 heavy (non-hydrogen) atoms. The third kappa shape index (κ3) is 5.34. The van der Waals surface area contributed by atoms with Crippen molar-refractivity contribution in [3.63, 3.8) is 0 Å². The summed E-state index contributed by atoms with van der Waals surface area (Å²) in [6, 6.07) is 18.2. The Morgan fingerprint density at radius 1 is 1.08 bits per heavy atom. The molecule has 0 aromatic heterocycles. The fraction of sp³-hybridized carbons (Fsp3) is 0.276. The van der Waals surface area contributed by atoms with Gasteiger partial charge in [-0.1, -0.05) is 63.1 Å². The molecule has 0 spiro atoms. The Kier molecular flexibility index (Phi) is 7.85. The number of nitrogens with zero attached hydrogens (tertiary/aromatic N) is 2. The summed E-state index contributed by atoms with van der Waals surface area (Å²) in [4.78, 5) is 33.2. The lowest BCUT2D eigenvalue weighted by molar-refractivity contribution is -0.123. The second kappa shape index (κ2) is 11.0. The first kappa shape index (κ1) is 25.6. The molecule has 0 radical (unpaired) electrons. The maximum absolute atomic E-state index is 14.9. The third-order valence-electron chi connectivity index (χ3n) is 6.52. The molecule has 0 saturated carbocycles. The predicted molar refractivity (Wildman–Crippen MR) is 144 cm³/mol. The Bertz CT molecular complexity index is 1320. The fourth-order valence-corrected chi connectivity index (χ4v) is 4.49. The lowest BCUT2D eigenvalue weighted by Gasteiger charge is -2.26. The second-order valence-electron chi connectivity index (χ2n) is 8.98. The van der Waals surface area contributed by atoms with Gasteiger partial charge in [0.25, 0.3) is 5.91 Å². The maximum Gasteiger partial charge on any atom is 0.252 e. The van der Waals surface area contributed by atoms with E-state index in [1.54, 1.807) is 36.4 Å². The molecule has 3 aromatic carbocycles. The number of amides is 2. The number of nitrogens with one attached hydrogen (secondary N) is 1. The molecule has 186 valence electrons. The van der Waals surface area contributed by atoms with Gasteiger partial charge in [0, 0.05) is 21.8 Å². The van der Waals surface area contributed by atoms with Gasteiger partial charge in [0.1, 0.15) is 18.4 Å². The summed E-state index contributed by atoms with van der Waals surface area (Å²) in [5.74, 6) is -1.22. The van der Waals surface area contributed by atoms with Crippen molar-refractivity contribution in [1.29, 1.82) is 0 Å². The number of fused-ring (bicyclic) bond motifs is 1. The van der Waals surface area contributed by atoms with Crippen molar-refractivity contribution >= 4 is 40.5 Å². The summed E-state index contributed by atoms with van der Waals surface area (Å²) in [5, 5.41) is 3.32. The lowest BCUT2D eigenvalue weighted by Crippen LogP contribution is -2.44. The van der Waals surface area contributed by atoms with Crippen LogP contribution in [0.4, 0.5) is 15.8 Å². The molecule has 2 amide bonds. The van der Waals surface area contributed by atoms with Gasteiger partial charge in [-0.3, -0.25) is 14.6 Å². The average molecular weight is 506 g/mol. The minimum Gasteiger partial charge on any atom is -0.325 e. The van der Waals surface area contributed by atoms with Gasteiger partial charge >= 0.3 is 0 Å². The predicted octanol–water partition coefficient (Wildman–Crippen LogP) is 6.28. The van der Waals surface area contributed by atoms with Gasteiger partial charge in [-0.15, -0.1) is 0 Å². The van der Waals surface area contributed by atoms with E-state index >= 15 is 0 Å². The molecule has 0 saturated heterocycles. The molecule has 1 aliphatic heterocycles. The minimum atomic E-state index is -0.785. The molecular weight excluding hydrogens is 477 g/mol. The van der Waals surface area contributed by atoms with Crippen LogP contribution in [0.5, 0.6) is 0 Å². The summed E-state index contributed by atoms with van der Waals surface area (Å²) in [6.45, 7) is 5.74. The number of benzodiazepines with no additional fused rings is 1. The van der Waals surface area contributed by atoms with E-state index in [-0.39, 0.29) is 29.8 Å². The van der Waals surface area contributed by atoms with Crippen molar-refractivity contribution in [2.45, 2.75) is 39.7 Å². The molecular formula is C29H29ClFN3O2. The summed E-state index contributed by atoms with van der Waals surface area (Å²) < 4.78 is 14.9. The van der Waals surface area contributed by atoms with E-state index in [0.717, 1.165) is 12.0 Å². The summed E-state index contributed by atoms with van der Waals surface area (Å²) in [6.07, 6.45) is 1.53. The van der Waals surface area contributed by atoms with Crippen molar-refractivity contribution in [1.82, 2.24) is 0 Å².